The van der Waals surface area contributed by atoms with Crippen LogP contribution < -0.4 is 0 Å². The van der Waals surface area contributed by atoms with Crippen molar-refractivity contribution in [2.75, 3.05) is 6.61 Å². The molecule has 0 unspecified atom stereocenters. The van der Waals surface area contributed by atoms with Gasteiger partial charge in [0.25, 0.3) is 0 Å². The first-order valence-corrected chi connectivity index (χ1v) is 7.47. The maximum absolute atomic E-state index is 12.0. The van der Waals surface area contributed by atoms with Crippen molar-refractivity contribution in [2.24, 2.45) is 0 Å². The predicted octanol–water partition coefficient (Wildman–Crippen LogP) is 3.71. The first-order valence-electron chi connectivity index (χ1n) is 7.47. The van der Waals surface area contributed by atoms with E-state index in [1.165, 1.54) is 0 Å². The van der Waals surface area contributed by atoms with Crippen LogP contribution in [0.2, 0.25) is 0 Å². The highest BCUT2D eigenvalue weighted by molar-refractivity contribution is 5.90. The molecule has 2 aromatic carbocycles. The maximum atomic E-state index is 12.0. The molecule has 0 saturated carbocycles. The van der Waals surface area contributed by atoms with Crippen LogP contribution in [0.4, 0.5) is 0 Å². The second-order valence-electron chi connectivity index (χ2n) is 5.55. The molecule has 0 aliphatic carbocycles. The van der Waals surface area contributed by atoms with Crippen molar-refractivity contribution in [1.82, 2.24) is 0 Å². The van der Waals surface area contributed by atoms with Gasteiger partial charge in [0.05, 0.1) is 11.1 Å². The van der Waals surface area contributed by atoms with Crippen LogP contribution in [0, 0.1) is 13.8 Å². The molecule has 0 fully saturated rings. The number of hydrogen-bond donors (Lipinski definition) is 0. The highest BCUT2D eigenvalue weighted by Gasteiger charge is 2.14. The summed E-state index contributed by atoms with van der Waals surface area (Å²) in [6.45, 7) is 5.60. The molecule has 0 bridgehead atoms. The quantitative estimate of drug-likeness (QED) is 0.790. The molecular weight excluding hydrogens is 292 g/mol. The standard InChI is InChI=1S/C19H20O4/c1-13-4-8-16(9-5-13)18(20)22-12-15(3)23-19(21)17-10-6-14(2)7-11-17/h4-11,15H,12H2,1-3H3/t15-/m0/s1. The summed E-state index contributed by atoms with van der Waals surface area (Å²) in [4.78, 5) is 23.8. The fraction of sp³-hybridized carbons (Fsp3) is 0.263. The Kier molecular flexibility index (Phi) is 5.52. The third kappa shape index (κ3) is 4.95. The molecule has 1 atom stereocenters. The second-order valence-corrected chi connectivity index (χ2v) is 5.55. The molecule has 23 heavy (non-hydrogen) atoms. The van der Waals surface area contributed by atoms with E-state index in [4.69, 9.17) is 9.47 Å². The summed E-state index contributed by atoms with van der Waals surface area (Å²) in [5.41, 5.74) is 3.10. The first kappa shape index (κ1) is 16.7. The van der Waals surface area contributed by atoms with Crippen molar-refractivity contribution < 1.29 is 19.1 Å². The Hall–Kier alpha value is -2.62. The number of aryl methyl sites for hydroxylation is 2. The molecule has 0 aliphatic heterocycles. The molecule has 0 heterocycles. The van der Waals surface area contributed by atoms with E-state index in [1.807, 2.05) is 38.1 Å². The Morgan fingerprint density at radius 2 is 1.26 bits per heavy atom. The number of rotatable bonds is 5. The average molecular weight is 312 g/mol. The zero-order chi connectivity index (χ0) is 16.8. The highest BCUT2D eigenvalue weighted by atomic mass is 16.6. The van der Waals surface area contributed by atoms with Crippen LogP contribution >= 0.6 is 0 Å². The average Bonchev–Trinajstić information content (AvgIpc) is 2.54. The Morgan fingerprint density at radius 3 is 1.74 bits per heavy atom. The van der Waals surface area contributed by atoms with Gasteiger partial charge in [0.2, 0.25) is 0 Å². The topological polar surface area (TPSA) is 52.6 Å². The largest absolute Gasteiger partial charge is 0.458 e. The van der Waals surface area contributed by atoms with Gasteiger partial charge < -0.3 is 9.47 Å². The van der Waals surface area contributed by atoms with E-state index in [-0.39, 0.29) is 6.61 Å². The Labute approximate surface area is 136 Å². The molecule has 4 nitrogen and oxygen atoms in total. The molecule has 0 amide bonds. The van der Waals surface area contributed by atoms with E-state index in [1.54, 1.807) is 31.2 Å². The molecule has 0 N–H and O–H groups in total. The van der Waals surface area contributed by atoms with Gasteiger partial charge in [0, 0.05) is 0 Å². The minimum atomic E-state index is -0.516. The molecule has 0 spiro atoms. The van der Waals surface area contributed by atoms with E-state index in [9.17, 15) is 9.59 Å². The number of esters is 2. The van der Waals surface area contributed by atoms with Gasteiger partial charge in [-0.25, -0.2) is 9.59 Å². The summed E-state index contributed by atoms with van der Waals surface area (Å²) in [7, 11) is 0. The van der Waals surface area contributed by atoms with Gasteiger partial charge in [0.1, 0.15) is 12.7 Å². The fourth-order valence-corrected chi connectivity index (χ4v) is 1.94. The Morgan fingerprint density at radius 1 is 0.826 bits per heavy atom. The van der Waals surface area contributed by atoms with Gasteiger partial charge in [-0.2, -0.15) is 0 Å². The summed E-state index contributed by atoms with van der Waals surface area (Å²) in [5, 5.41) is 0. The van der Waals surface area contributed by atoms with Gasteiger partial charge in [-0.3, -0.25) is 0 Å². The van der Waals surface area contributed by atoms with Crippen LogP contribution in [-0.2, 0) is 9.47 Å². The predicted molar refractivity (Wildman–Crippen MR) is 87.5 cm³/mol. The number of hydrogen-bond acceptors (Lipinski definition) is 4. The summed E-state index contributed by atoms with van der Waals surface area (Å²) in [6.07, 6.45) is -0.516. The monoisotopic (exact) mass is 312 g/mol. The summed E-state index contributed by atoms with van der Waals surface area (Å²) >= 11 is 0. The van der Waals surface area contributed by atoms with Gasteiger partial charge in [-0.05, 0) is 45.0 Å². The molecule has 2 rings (SSSR count). The molecule has 120 valence electrons. The van der Waals surface area contributed by atoms with Crippen molar-refractivity contribution in [3.05, 3.63) is 70.8 Å². The lowest BCUT2D eigenvalue weighted by Crippen LogP contribution is -2.22. The van der Waals surface area contributed by atoms with Crippen molar-refractivity contribution in [3.63, 3.8) is 0 Å². The van der Waals surface area contributed by atoms with Crippen LogP contribution in [0.3, 0.4) is 0 Å². The van der Waals surface area contributed by atoms with Gasteiger partial charge in [-0.1, -0.05) is 35.4 Å². The molecule has 0 saturated heterocycles. The number of carbonyl (C=O) groups excluding carboxylic acids is 2. The number of benzene rings is 2. The normalized spacial score (nSPS) is 11.6. The highest BCUT2D eigenvalue weighted by Crippen LogP contribution is 2.08. The summed E-state index contributed by atoms with van der Waals surface area (Å²) < 4.78 is 10.4. The van der Waals surface area contributed by atoms with E-state index in [0.717, 1.165) is 11.1 Å². The van der Waals surface area contributed by atoms with Gasteiger partial charge >= 0.3 is 11.9 Å². The zero-order valence-electron chi connectivity index (χ0n) is 13.5. The van der Waals surface area contributed by atoms with E-state index < -0.39 is 18.0 Å². The molecular formula is C19H20O4. The summed E-state index contributed by atoms with van der Waals surface area (Å²) in [6, 6.07) is 14.2. The third-order valence-electron chi connectivity index (χ3n) is 3.33. The first-order chi connectivity index (χ1) is 11.0. The Bertz CT molecular complexity index is 672. The lowest BCUT2D eigenvalue weighted by atomic mass is 10.1. The zero-order valence-corrected chi connectivity index (χ0v) is 13.5. The van der Waals surface area contributed by atoms with Crippen molar-refractivity contribution in [3.8, 4) is 0 Å². The van der Waals surface area contributed by atoms with Crippen molar-refractivity contribution in [1.29, 1.82) is 0 Å². The second kappa shape index (κ2) is 7.58. The Balaban J connectivity index is 1.83. The lowest BCUT2D eigenvalue weighted by molar-refractivity contribution is 0.00448. The van der Waals surface area contributed by atoms with Crippen LogP contribution in [0.1, 0.15) is 38.8 Å². The molecule has 4 heteroatoms. The minimum Gasteiger partial charge on any atom is -0.458 e. The van der Waals surface area contributed by atoms with Crippen LogP contribution in [0.25, 0.3) is 0 Å². The number of ether oxygens (including phenoxy) is 2. The minimum absolute atomic E-state index is 0.0182. The third-order valence-corrected chi connectivity index (χ3v) is 3.33. The SMILES string of the molecule is Cc1ccc(C(=O)OC[C@H](C)OC(=O)c2ccc(C)cc2)cc1. The number of carbonyl (C=O) groups is 2. The molecule has 0 aliphatic rings. The van der Waals surface area contributed by atoms with E-state index >= 15 is 0 Å². The molecule has 0 aromatic heterocycles. The van der Waals surface area contributed by atoms with E-state index in [0.29, 0.717) is 11.1 Å². The van der Waals surface area contributed by atoms with E-state index in [2.05, 4.69) is 0 Å². The van der Waals surface area contributed by atoms with Crippen LogP contribution in [0.15, 0.2) is 48.5 Å². The molecule has 2 aromatic rings. The van der Waals surface area contributed by atoms with Crippen LogP contribution in [-0.4, -0.2) is 24.6 Å². The van der Waals surface area contributed by atoms with Crippen LogP contribution in [0.5, 0.6) is 0 Å². The fourth-order valence-electron chi connectivity index (χ4n) is 1.94. The summed E-state index contributed by atoms with van der Waals surface area (Å²) in [5.74, 6) is -0.855. The van der Waals surface area contributed by atoms with Crippen molar-refractivity contribution in [2.45, 2.75) is 26.9 Å². The molecule has 0 radical (unpaired) electrons. The van der Waals surface area contributed by atoms with Crippen molar-refractivity contribution >= 4 is 11.9 Å². The lowest BCUT2D eigenvalue weighted by Gasteiger charge is -2.14. The van der Waals surface area contributed by atoms with Gasteiger partial charge in [-0.15, -0.1) is 0 Å². The smallest absolute Gasteiger partial charge is 0.338 e. The maximum Gasteiger partial charge on any atom is 0.338 e. The van der Waals surface area contributed by atoms with Gasteiger partial charge in [0.15, 0.2) is 0 Å².